The fraction of sp³-hybridized carbons (Fsp3) is 0.235. The average molecular weight is 288 g/mol. The third-order valence-corrected chi connectivity index (χ3v) is 3.75. The van der Waals surface area contributed by atoms with Gasteiger partial charge in [0.2, 0.25) is 0 Å². The Morgan fingerprint density at radius 2 is 1.81 bits per heavy atom. The first-order chi connectivity index (χ1) is 10.0. The Bertz CT molecular complexity index is 680. The average Bonchev–Trinajstić information content (AvgIpc) is 2.79. The molecule has 3 rings (SSSR count). The Labute approximate surface area is 121 Å². The number of carbonyl (C=O) groups excluding carboxylic acids is 1. The summed E-state index contributed by atoms with van der Waals surface area (Å²) in [5.41, 5.74) is 1.90. The van der Waals surface area contributed by atoms with Crippen molar-refractivity contribution in [1.82, 2.24) is 0 Å². The van der Waals surface area contributed by atoms with Gasteiger partial charge in [0.1, 0.15) is 17.7 Å². The van der Waals surface area contributed by atoms with E-state index < -0.39 is 11.6 Å². The maximum Gasteiger partial charge on any atom is 0.309 e. The zero-order valence-corrected chi connectivity index (χ0v) is 11.5. The third-order valence-electron chi connectivity index (χ3n) is 3.75. The number of hydrogen-bond acceptors (Lipinski definition) is 2. The molecule has 0 unspecified atom stereocenters. The fourth-order valence-electron chi connectivity index (χ4n) is 2.53. The maximum absolute atomic E-state index is 13.7. The van der Waals surface area contributed by atoms with Crippen molar-refractivity contribution in [2.45, 2.75) is 19.4 Å². The molecule has 1 heterocycles. The lowest BCUT2D eigenvalue weighted by molar-refractivity contribution is -0.144. The first kappa shape index (κ1) is 13.7. The fourth-order valence-corrected chi connectivity index (χ4v) is 2.53. The van der Waals surface area contributed by atoms with Crippen LogP contribution in [0, 0.1) is 17.6 Å². The zero-order chi connectivity index (χ0) is 15.0. The molecule has 0 aromatic heterocycles. The standard InChI is InChI=1S/C17H14F2O2/c1-10-8-16(21-17(10)20)12-4-2-11(3-5-12)14-7-6-13(18)9-15(14)19/h2-7,9-10,16H,8H2,1H3/t10-,16-/m1/s1. The third kappa shape index (κ3) is 2.66. The van der Waals surface area contributed by atoms with E-state index in [9.17, 15) is 13.6 Å². The Kier molecular flexibility index (Phi) is 3.45. The van der Waals surface area contributed by atoms with Gasteiger partial charge in [0.15, 0.2) is 0 Å². The summed E-state index contributed by atoms with van der Waals surface area (Å²) in [6.45, 7) is 1.84. The van der Waals surface area contributed by atoms with Gasteiger partial charge in [0.25, 0.3) is 0 Å². The van der Waals surface area contributed by atoms with Crippen molar-refractivity contribution in [3.8, 4) is 11.1 Å². The Hall–Kier alpha value is -2.23. The zero-order valence-electron chi connectivity index (χ0n) is 11.5. The van der Waals surface area contributed by atoms with Gasteiger partial charge in [-0.25, -0.2) is 8.78 Å². The van der Waals surface area contributed by atoms with Gasteiger partial charge >= 0.3 is 5.97 Å². The van der Waals surface area contributed by atoms with Crippen molar-refractivity contribution < 1.29 is 18.3 Å². The monoisotopic (exact) mass is 288 g/mol. The number of esters is 1. The van der Waals surface area contributed by atoms with Crippen LogP contribution in [0.2, 0.25) is 0 Å². The number of hydrogen-bond donors (Lipinski definition) is 0. The van der Waals surface area contributed by atoms with Gasteiger partial charge in [0, 0.05) is 18.1 Å². The normalized spacial score (nSPS) is 21.4. The topological polar surface area (TPSA) is 26.3 Å². The molecule has 0 spiro atoms. The van der Waals surface area contributed by atoms with Crippen LogP contribution in [0.4, 0.5) is 8.78 Å². The van der Waals surface area contributed by atoms with Crippen molar-refractivity contribution in [1.29, 1.82) is 0 Å². The number of ether oxygens (including phenoxy) is 1. The van der Waals surface area contributed by atoms with Crippen LogP contribution < -0.4 is 0 Å². The highest BCUT2D eigenvalue weighted by Gasteiger charge is 2.31. The van der Waals surface area contributed by atoms with Crippen LogP contribution in [-0.2, 0) is 9.53 Å². The van der Waals surface area contributed by atoms with Gasteiger partial charge in [-0.15, -0.1) is 0 Å². The van der Waals surface area contributed by atoms with Crippen LogP contribution in [0.3, 0.4) is 0 Å². The van der Waals surface area contributed by atoms with Crippen molar-refractivity contribution >= 4 is 5.97 Å². The molecule has 2 aromatic carbocycles. The molecular weight excluding hydrogens is 274 g/mol. The number of cyclic esters (lactones) is 1. The molecule has 0 aliphatic carbocycles. The molecule has 0 amide bonds. The van der Waals surface area contributed by atoms with E-state index in [4.69, 9.17) is 4.74 Å². The lowest BCUT2D eigenvalue weighted by Gasteiger charge is -2.10. The van der Waals surface area contributed by atoms with E-state index in [0.717, 1.165) is 11.6 Å². The molecule has 2 aromatic rings. The van der Waals surface area contributed by atoms with Crippen molar-refractivity contribution in [2.24, 2.45) is 5.92 Å². The second-order valence-corrected chi connectivity index (χ2v) is 5.31. The molecule has 4 heteroatoms. The summed E-state index contributed by atoms with van der Waals surface area (Å²) >= 11 is 0. The summed E-state index contributed by atoms with van der Waals surface area (Å²) in [5, 5.41) is 0. The molecule has 0 saturated carbocycles. The molecule has 0 N–H and O–H groups in total. The van der Waals surface area contributed by atoms with Gasteiger partial charge in [-0.3, -0.25) is 4.79 Å². The second kappa shape index (κ2) is 5.28. The summed E-state index contributed by atoms with van der Waals surface area (Å²) in [4.78, 5) is 11.4. The molecule has 108 valence electrons. The highest BCUT2D eigenvalue weighted by Crippen LogP contribution is 2.34. The van der Waals surface area contributed by atoms with Crippen LogP contribution in [0.5, 0.6) is 0 Å². The predicted octanol–water partition coefficient (Wildman–Crippen LogP) is 4.26. The smallest absolute Gasteiger partial charge is 0.309 e. The summed E-state index contributed by atoms with van der Waals surface area (Å²) < 4.78 is 31.9. The lowest BCUT2D eigenvalue weighted by atomic mass is 9.98. The van der Waals surface area contributed by atoms with E-state index in [1.54, 1.807) is 12.1 Å². The molecule has 1 saturated heterocycles. The summed E-state index contributed by atoms with van der Waals surface area (Å²) in [5.74, 6) is -1.47. The molecule has 1 aliphatic rings. The maximum atomic E-state index is 13.7. The van der Waals surface area contributed by atoms with E-state index in [1.807, 2.05) is 19.1 Å². The quantitative estimate of drug-likeness (QED) is 0.772. The van der Waals surface area contributed by atoms with Gasteiger partial charge < -0.3 is 4.74 Å². The molecule has 1 aliphatic heterocycles. The van der Waals surface area contributed by atoms with Crippen LogP contribution in [0.25, 0.3) is 11.1 Å². The second-order valence-electron chi connectivity index (χ2n) is 5.31. The summed E-state index contributed by atoms with van der Waals surface area (Å²) in [6.07, 6.45) is 0.419. The van der Waals surface area contributed by atoms with Crippen LogP contribution in [0.1, 0.15) is 25.0 Å². The van der Waals surface area contributed by atoms with Crippen LogP contribution in [-0.4, -0.2) is 5.97 Å². The van der Waals surface area contributed by atoms with Crippen LogP contribution >= 0.6 is 0 Å². The first-order valence-corrected chi connectivity index (χ1v) is 6.80. The number of carbonyl (C=O) groups is 1. The number of halogens is 2. The molecule has 0 radical (unpaired) electrons. The number of benzene rings is 2. The molecule has 2 atom stereocenters. The Morgan fingerprint density at radius 1 is 1.10 bits per heavy atom. The SMILES string of the molecule is C[C@@H]1C[C@H](c2ccc(-c3ccc(F)cc3F)cc2)OC1=O. The van der Waals surface area contributed by atoms with Crippen molar-refractivity contribution in [2.75, 3.05) is 0 Å². The number of rotatable bonds is 2. The Balaban J connectivity index is 1.86. The first-order valence-electron chi connectivity index (χ1n) is 6.80. The van der Waals surface area contributed by atoms with Gasteiger partial charge in [-0.1, -0.05) is 31.2 Å². The predicted molar refractivity (Wildman–Crippen MR) is 74.4 cm³/mol. The van der Waals surface area contributed by atoms with Crippen molar-refractivity contribution in [3.63, 3.8) is 0 Å². The van der Waals surface area contributed by atoms with E-state index in [-0.39, 0.29) is 18.0 Å². The molecule has 21 heavy (non-hydrogen) atoms. The van der Waals surface area contributed by atoms with Gasteiger partial charge in [-0.05, 0) is 23.3 Å². The van der Waals surface area contributed by atoms with Gasteiger partial charge in [-0.2, -0.15) is 0 Å². The molecule has 2 nitrogen and oxygen atoms in total. The Morgan fingerprint density at radius 3 is 2.38 bits per heavy atom. The van der Waals surface area contributed by atoms with Crippen molar-refractivity contribution in [3.05, 3.63) is 59.7 Å². The van der Waals surface area contributed by atoms with E-state index in [1.165, 1.54) is 12.1 Å². The molecule has 0 bridgehead atoms. The minimum absolute atomic E-state index is 0.0933. The van der Waals surface area contributed by atoms with Crippen LogP contribution in [0.15, 0.2) is 42.5 Å². The lowest BCUT2D eigenvalue weighted by Crippen LogP contribution is -2.01. The highest BCUT2D eigenvalue weighted by molar-refractivity contribution is 5.74. The van der Waals surface area contributed by atoms with E-state index in [2.05, 4.69) is 0 Å². The highest BCUT2D eigenvalue weighted by atomic mass is 19.1. The minimum Gasteiger partial charge on any atom is -0.457 e. The molecule has 1 fully saturated rings. The largest absolute Gasteiger partial charge is 0.457 e. The van der Waals surface area contributed by atoms with Gasteiger partial charge in [0.05, 0.1) is 5.92 Å². The summed E-state index contributed by atoms with van der Waals surface area (Å²) in [7, 11) is 0. The minimum atomic E-state index is -0.597. The van der Waals surface area contributed by atoms with E-state index in [0.29, 0.717) is 17.5 Å². The summed E-state index contributed by atoms with van der Waals surface area (Å²) in [6, 6.07) is 10.6. The molecular formula is C17H14F2O2. The van der Waals surface area contributed by atoms with E-state index >= 15 is 0 Å².